The maximum Gasteiger partial charge on any atom is 0.340 e. The molecule has 0 fully saturated rings. The third-order valence-corrected chi connectivity index (χ3v) is 7.33. The molecular formula is C30H24ClNO3. The summed E-state index contributed by atoms with van der Waals surface area (Å²) in [6.45, 7) is 6.99. The highest BCUT2D eigenvalue weighted by Gasteiger charge is 2.53. The molecule has 0 saturated carbocycles. The third-order valence-electron chi connectivity index (χ3n) is 7.08. The van der Waals surface area contributed by atoms with Crippen molar-refractivity contribution in [2.24, 2.45) is 0 Å². The fourth-order valence-electron chi connectivity index (χ4n) is 5.22. The van der Waals surface area contributed by atoms with E-state index in [1.807, 2.05) is 66.7 Å². The van der Waals surface area contributed by atoms with Crippen LogP contribution < -0.4 is 9.64 Å². The molecule has 0 N–H and O–H groups in total. The molecule has 5 heteroatoms. The first-order chi connectivity index (χ1) is 16.9. The van der Waals surface area contributed by atoms with Crippen LogP contribution in [0.1, 0.15) is 45.1 Å². The minimum absolute atomic E-state index is 0.321. The number of hydrogen-bond donors (Lipinski definition) is 0. The zero-order chi connectivity index (χ0) is 24.3. The summed E-state index contributed by atoms with van der Waals surface area (Å²) in [4.78, 5) is 15.3. The van der Waals surface area contributed by atoms with E-state index in [9.17, 15) is 4.79 Å². The van der Waals surface area contributed by atoms with Crippen LogP contribution in [0.2, 0.25) is 5.02 Å². The van der Waals surface area contributed by atoms with Crippen LogP contribution in [-0.2, 0) is 10.3 Å². The Morgan fingerprint density at radius 2 is 1.49 bits per heavy atom. The Kier molecular flexibility index (Phi) is 4.90. The first kappa shape index (κ1) is 21.8. The van der Waals surface area contributed by atoms with E-state index in [0.29, 0.717) is 22.1 Å². The van der Waals surface area contributed by atoms with E-state index in [4.69, 9.17) is 21.1 Å². The fourth-order valence-corrected chi connectivity index (χ4v) is 5.35. The van der Waals surface area contributed by atoms with E-state index < -0.39 is 5.60 Å². The second-order valence-corrected chi connectivity index (χ2v) is 9.49. The lowest BCUT2D eigenvalue weighted by Crippen LogP contribution is -2.33. The predicted octanol–water partition coefficient (Wildman–Crippen LogP) is 7.68. The van der Waals surface area contributed by atoms with Gasteiger partial charge in [-0.3, -0.25) is 0 Å². The molecule has 174 valence electrons. The molecule has 2 aliphatic rings. The van der Waals surface area contributed by atoms with Crippen molar-refractivity contribution in [3.8, 4) is 11.5 Å². The average molecular weight is 482 g/mol. The Bertz CT molecular complexity index is 1490. The van der Waals surface area contributed by atoms with Crippen LogP contribution in [-0.4, -0.2) is 12.5 Å². The highest BCUT2D eigenvalue weighted by Crippen LogP contribution is 2.57. The van der Waals surface area contributed by atoms with Gasteiger partial charge < -0.3 is 14.4 Å². The van der Waals surface area contributed by atoms with Crippen LogP contribution in [0.3, 0.4) is 0 Å². The van der Waals surface area contributed by atoms with Gasteiger partial charge in [0.2, 0.25) is 0 Å². The molecule has 0 bridgehead atoms. The van der Waals surface area contributed by atoms with Crippen molar-refractivity contribution in [2.75, 3.05) is 11.4 Å². The molecule has 0 amide bonds. The molecule has 35 heavy (non-hydrogen) atoms. The number of carbonyl (C=O) groups is 1. The number of benzene rings is 4. The van der Waals surface area contributed by atoms with Crippen molar-refractivity contribution >= 4 is 28.9 Å². The number of hydrogen-bond acceptors (Lipinski definition) is 4. The van der Waals surface area contributed by atoms with Gasteiger partial charge in [-0.2, -0.15) is 0 Å². The quantitative estimate of drug-likeness (QED) is 0.281. The van der Waals surface area contributed by atoms with Crippen molar-refractivity contribution < 1.29 is 14.3 Å². The molecular weight excluding hydrogens is 458 g/mol. The molecule has 0 radical (unpaired) electrons. The number of anilines is 2. The third kappa shape index (κ3) is 3.17. The van der Waals surface area contributed by atoms with Crippen molar-refractivity contribution in [2.45, 2.75) is 26.4 Å². The number of rotatable bonds is 3. The van der Waals surface area contributed by atoms with Gasteiger partial charge in [0.1, 0.15) is 11.5 Å². The average Bonchev–Trinajstić information content (AvgIpc) is 3.15. The van der Waals surface area contributed by atoms with Gasteiger partial charge in [0.05, 0.1) is 5.56 Å². The van der Waals surface area contributed by atoms with Crippen molar-refractivity contribution in [3.63, 3.8) is 0 Å². The maximum absolute atomic E-state index is 13.1. The van der Waals surface area contributed by atoms with Crippen LogP contribution in [0.25, 0.3) is 0 Å². The summed E-state index contributed by atoms with van der Waals surface area (Å²) >= 11 is 6.11. The Morgan fingerprint density at radius 1 is 0.800 bits per heavy atom. The summed E-state index contributed by atoms with van der Waals surface area (Å²) in [7, 11) is 0. The molecule has 2 aliphatic heterocycles. The second-order valence-electron chi connectivity index (χ2n) is 9.05. The monoisotopic (exact) mass is 481 g/mol. The molecule has 1 atom stereocenters. The van der Waals surface area contributed by atoms with Crippen LogP contribution in [0.5, 0.6) is 11.5 Å². The molecule has 6 rings (SSSR count). The summed E-state index contributed by atoms with van der Waals surface area (Å²) in [5.41, 5.74) is 6.30. The van der Waals surface area contributed by atoms with Gasteiger partial charge in [0.25, 0.3) is 0 Å². The minimum Gasteiger partial charge on any atom is -0.456 e. The molecule has 1 unspecified atom stereocenters. The maximum atomic E-state index is 13.1. The number of esters is 1. The van der Waals surface area contributed by atoms with E-state index in [1.54, 1.807) is 0 Å². The smallest absolute Gasteiger partial charge is 0.340 e. The van der Waals surface area contributed by atoms with Crippen LogP contribution in [0.4, 0.5) is 11.4 Å². The second kappa shape index (κ2) is 7.89. The Balaban J connectivity index is 1.58. The van der Waals surface area contributed by atoms with Crippen LogP contribution in [0.15, 0.2) is 78.9 Å². The number of fused-ring (bicyclic) bond motifs is 6. The summed E-state index contributed by atoms with van der Waals surface area (Å²) in [6, 6.07) is 25.6. The zero-order valence-electron chi connectivity index (χ0n) is 19.8. The molecule has 1 spiro atoms. The minimum atomic E-state index is -1.05. The molecule has 0 saturated heterocycles. The number of carbonyl (C=O) groups excluding carboxylic acids is 1. The van der Waals surface area contributed by atoms with Gasteiger partial charge in [0.15, 0.2) is 5.60 Å². The molecule has 2 heterocycles. The van der Waals surface area contributed by atoms with Gasteiger partial charge >= 0.3 is 5.97 Å². The van der Waals surface area contributed by atoms with Crippen molar-refractivity contribution in [1.29, 1.82) is 0 Å². The van der Waals surface area contributed by atoms with Crippen molar-refractivity contribution in [3.05, 3.63) is 117 Å². The largest absolute Gasteiger partial charge is 0.456 e. The van der Waals surface area contributed by atoms with Gasteiger partial charge in [-0.15, -0.1) is 0 Å². The Morgan fingerprint density at radius 3 is 2.26 bits per heavy atom. The van der Waals surface area contributed by atoms with Gasteiger partial charge in [-0.25, -0.2) is 4.79 Å². The lowest BCUT2D eigenvalue weighted by atomic mass is 9.77. The molecule has 4 aromatic rings. The van der Waals surface area contributed by atoms with E-state index >= 15 is 0 Å². The lowest BCUT2D eigenvalue weighted by molar-refractivity contribution is 0.0224. The van der Waals surface area contributed by atoms with Gasteiger partial charge in [-0.1, -0.05) is 29.8 Å². The van der Waals surface area contributed by atoms with E-state index in [1.165, 1.54) is 0 Å². The number of ether oxygens (including phenoxy) is 2. The van der Waals surface area contributed by atoms with E-state index in [0.717, 1.165) is 45.7 Å². The Labute approximate surface area is 209 Å². The first-order valence-corrected chi connectivity index (χ1v) is 12.1. The summed E-state index contributed by atoms with van der Waals surface area (Å²) in [5.74, 6) is 1.06. The van der Waals surface area contributed by atoms with Crippen LogP contribution in [0, 0.1) is 13.8 Å². The van der Waals surface area contributed by atoms with Gasteiger partial charge in [-0.05, 0) is 86.5 Å². The predicted molar refractivity (Wildman–Crippen MR) is 138 cm³/mol. The lowest BCUT2D eigenvalue weighted by Gasteiger charge is -2.37. The highest BCUT2D eigenvalue weighted by molar-refractivity contribution is 6.30. The molecule has 0 aliphatic carbocycles. The van der Waals surface area contributed by atoms with Gasteiger partial charge in [0, 0.05) is 45.7 Å². The summed E-state index contributed by atoms with van der Waals surface area (Å²) in [5, 5.41) is 0.699. The summed E-state index contributed by atoms with van der Waals surface area (Å²) < 4.78 is 12.8. The van der Waals surface area contributed by atoms with E-state index in [-0.39, 0.29) is 5.97 Å². The number of nitrogens with zero attached hydrogens (tertiary/aromatic N) is 1. The van der Waals surface area contributed by atoms with Crippen LogP contribution >= 0.6 is 11.6 Å². The molecule has 4 aromatic carbocycles. The highest BCUT2D eigenvalue weighted by atomic mass is 35.5. The standard InChI is InChI=1S/C30H24ClNO3/c1-4-32(21-11-9-20(31)10-12-21)22-13-14-25-28(17-22)34-27-16-19(3)18(2)15-26(27)30(25)24-8-6-5-7-23(24)29(33)35-30/h5-17H,4H2,1-3H3. The zero-order valence-corrected chi connectivity index (χ0v) is 20.5. The number of aryl methyl sites for hydroxylation is 2. The molecule has 0 aromatic heterocycles. The Hall–Kier alpha value is -3.76. The first-order valence-electron chi connectivity index (χ1n) is 11.7. The van der Waals surface area contributed by atoms with E-state index in [2.05, 4.69) is 37.8 Å². The topological polar surface area (TPSA) is 38.8 Å². The molecule has 4 nitrogen and oxygen atoms in total. The summed E-state index contributed by atoms with van der Waals surface area (Å²) in [6.07, 6.45) is 0. The SMILES string of the molecule is CCN(c1ccc(Cl)cc1)c1ccc2c(c1)Oc1cc(C)c(C)cc1C21OC(=O)c2ccccc21. The normalized spacial score (nSPS) is 17.3. The fraction of sp³-hybridized carbons (Fsp3) is 0.167. The van der Waals surface area contributed by atoms with Crippen molar-refractivity contribution in [1.82, 2.24) is 0 Å². The number of halogens is 1.